The lowest BCUT2D eigenvalue weighted by atomic mass is 10.00. The molecule has 5 rings (SSSR count). The number of pyridine rings is 1. The molecule has 3 aliphatic rings. The van der Waals surface area contributed by atoms with Crippen molar-refractivity contribution in [2.45, 2.75) is 50.8 Å². The molecule has 2 amide bonds. The molecule has 1 atom stereocenters. The van der Waals surface area contributed by atoms with E-state index in [1.807, 2.05) is 17.0 Å². The minimum Gasteiger partial charge on any atom is -0.390 e. The zero-order valence-electron chi connectivity index (χ0n) is 20.2. The molecule has 3 N–H and O–H groups in total. The number of aliphatic hydroxyl groups excluding tert-OH is 1. The Bertz CT molecular complexity index is 1050. The maximum absolute atomic E-state index is 12.7. The fourth-order valence-electron chi connectivity index (χ4n) is 5.09. The van der Waals surface area contributed by atoms with Gasteiger partial charge in [0.05, 0.1) is 6.10 Å². The summed E-state index contributed by atoms with van der Waals surface area (Å²) >= 11 is 0. The van der Waals surface area contributed by atoms with Crippen LogP contribution in [0.2, 0.25) is 0 Å². The van der Waals surface area contributed by atoms with Gasteiger partial charge in [0.1, 0.15) is 5.69 Å². The molecule has 2 fully saturated rings. The molecule has 2 aliphatic heterocycles. The Morgan fingerprint density at radius 1 is 1.06 bits per heavy atom. The topological polar surface area (TPSA) is 97.8 Å². The van der Waals surface area contributed by atoms with E-state index in [1.54, 1.807) is 12.3 Å². The van der Waals surface area contributed by atoms with Crippen LogP contribution in [0.1, 0.15) is 47.3 Å². The van der Waals surface area contributed by atoms with E-state index in [1.165, 1.54) is 11.1 Å². The summed E-state index contributed by atoms with van der Waals surface area (Å²) in [5.74, 6) is 0.302. The summed E-state index contributed by atoms with van der Waals surface area (Å²) in [6.07, 6.45) is 5.85. The van der Waals surface area contributed by atoms with Crippen molar-refractivity contribution in [1.29, 1.82) is 0 Å². The van der Waals surface area contributed by atoms with Crippen molar-refractivity contribution in [2.24, 2.45) is 5.92 Å². The number of aliphatic hydroxyl groups is 1. The standard InChI is InChI=1S/C27H35N5O3/c33-24(18-31-12-8-19-3-1-2-4-21(19)17-31)16-29-26(34)25-15-23(7-11-28-25)30-22-9-13-32(14-10-22)27(35)20-5-6-20/h1-4,7,11,15,20,22,24,33H,5-6,8-10,12-14,16-18H2,(H,28,30)(H,29,34). The van der Waals surface area contributed by atoms with Gasteiger partial charge in [0.15, 0.2) is 0 Å². The highest BCUT2D eigenvalue weighted by Gasteiger charge is 2.34. The van der Waals surface area contributed by atoms with Crippen LogP contribution in [-0.4, -0.2) is 76.6 Å². The lowest BCUT2D eigenvalue weighted by Gasteiger charge is -2.33. The third-order valence-electron chi connectivity index (χ3n) is 7.27. The third-order valence-corrected chi connectivity index (χ3v) is 7.27. The summed E-state index contributed by atoms with van der Waals surface area (Å²) < 4.78 is 0. The highest BCUT2D eigenvalue weighted by Crippen LogP contribution is 2.32. The number of fused-ring (bicyclic) bond motifs is 1. The van der Waals surface area contributed by atoms with E-state index >= 15 is 0 Å². The normalized spacial score (nSPS) is 19.6. The number of amides is 2. The van der Waals surface area contributed by atoms with Crippen LogP contribution in [-0.2, 0) is 17.8 Å². The maximum Gasteiger partial charge on any atom is 0.270 e. The molecule has 186 valence electrons. The van der Waals surface area contributed by atoms with Gasteiger partial charge in [-0.1, -0.05) is 24.3 Å². The van der Waals surface area contributed by atoms with Gasteiger partial charge < -0.3 is 20.6 Å². The maximum atomic E-state index is 12.7. The third kappa shape index (κ3) is 6.18. The van der Waals surface area contributed by atoms with Crippen LogP contribution < -0.4 is 10.6 Å². The quantitative estimate of drug-likeness (QED) is 0.538. The average molecular weight is 478 g/mol. The number of nitrogens with zero attached hydrogens (tertiary/aromatic N) is 3. The van der Waals surface area contributed by atoms with Crippen LogP contribution in [0.15, 0.2) is 42.6 Å². The van der Waals surface area contributed by atoms with Crippen LogP contribution in [0.5, 0.6) is 0 Å². The number of benzene rings is 1. The van der Waals surface area contributed by atoms with E-state index in [0.717, 1.165) is 64.0 Å². The summed E-state index contributed by atoms with van der Waals surface area (Å²) in [5, 5.41) is 16.8. The van der Waals surface area contributed by atoms with Gasteiger partial charge in [-0.25, -0.2) is 0 Å². The highest BCUT2D eigenvalue weighted by atomic mass is 16.3. The molecular weight excluding hydrogens is 442 g/mol. The molecule has 1 saturated heterocycles. The van der Waals surface area contributed by atoms with Crippen molar-refractivity contribution in [2.75, 3.05) is 38.0 Å². The smallest absolute Gasteiger partial charge is 0.270 e. The minimum atomic E-state index is -0.644. The second kappa shape index (κ2) is 10.7. The lowest BCUT2D eigenvalue weighted by molar-refractivity contribution is -0.133. The number of nitrogens with one attached hydrogen (secondary N) is 2. The Kier molecular flexibility index (Phi) is 7.29. The summed E-state index contributed by atoms with van der Waals surface area (Å²) in [5.41, 5.74) is 3.87. The SMILES string of the molecule is O=C(NCC(O)CN1CCc2ccccc2C1)c1cc(NC2CCN(C(=O)C3CC3)CC2)ccn1. The van der Waals surface area contributed by atoms with Gasteiger partial charge >= 0.3 is 0 Å². The minimum absolute atomic E-state index is 0.184. The number of β-amino-alcohol motifs (C(OH)–C–C–N with tert-alkyl or cyclic N) is 1. The number of carbonyl (C=O) groups is 2. The monoisotopic (exact) mass is 477 g/mol. The average Bonchev–Trinajstić information content (AvgIpc) is 3.73. The molecule has 8 heteroatoms. The van der Waals surface area contributed by atoms with Gasteiger partial charge in [-0.2, -0.15) is 0 Å². The van der Waals surface area contributed by atoms with Gasteiger partial charge in [-0.3, -0.25) is 19.5 Å². The number of carbonyl (C=O) groups excluding carboxylic acids is 2. The zero-order valence-corrected chi connectivity index (χ0v) is 20.2. The molecule has 2 aromatic rings. The molecule has 0 radical (unpaired) electrons. The van der Waals surface area contributed by atoms with Crippen molar-refractivity contribution < 1.29 is 14.7 Å². The molecule has 3 heterocycles. The largest absolute Gasteiger partial charge is 0.390 e. The summed E-state index contributed by atoms with van der Waals surface area (Å²) in [4.78, 5) is 33.4. The predicted molar refractivity (Wildman–Crippen MR) is 134 cm³/mol. The summed E-state index contributed by atoms with van der Waals surface area (Å²) in [6.45, 7) is 4.00. The van der Waals surface area contributed by atoms with Gasteiger partial charge in [0.2, 0.25) is 5.91 Å². The molecule has 1 aliphatic carbocycles. The van der Waals surface area contributed by atoms with E-state index in [-0.39, 0.29) is 24.4 Å². The van der Waals surface area contributed by atoms with Crippen molar-refractivity contribution in [3.05, 3.63) is 59.4 Å². The summed E-state index contributed by atoms with van der Waals surface area (Å²) in [7, 11) is 0. The number of anilines is 1. The first-order chi connectivity index (χ1) is 17.0. The Morgan fingerprint density at radius 3 is 2.60 bits per heavy atom. The molecule has 8 nitrogen and oxygen atoms in total. The van der Waals surface area contributed by atoms with E-state index < -0.39 is 6.10 Å². The lowest BCUT2D eigenvalue weighted by Crippen LogP contribution is -2.43. The van der Waals surface area contributed by atoms with Gasteiger partial charge in [0, 0.05) is 63.1 Å². The Hall–Kier alpha value is -2.97. The van der Waals surface area contributed by atoms with Crippen LogP contribution in [0.25, 0.3) is 0 Å². The first-order valence-electron chi connectivity index (χ1n) is 12.8. The van der Waals surface area contributed by atoms with Crippen molar-refractivity contribution in [1.82, 2.24) is 20.1 Å². The van der Waals surface area contributed by atoms with Gasteiger partial charge in [-0.15, -0.1) is 0 Å². The second-order valence-electron chi connectivity index (χ2n) is 10.1. The number of aromatic nitrogens is 1. The fourth-order valence-corrected chi connectivity index (χ4v) is 5.09. The zero-order chi connectivity index (χ0) is 24.2. The van der Waals surface area contributed by atoms with Crippen LogP contribution >= 0.6 is 0 Å². The Balaban J connectivity index is 1.06. The molecule has 0 bridgehead atoms. The van der Waals surface area contributed by atoms with Crippen molar-refractivity contribution in [3.63, 3.8) is 0 Å². The Morgan fingerprint density at radius 2 is 1.83 bits per heavy atom. The van der Waals surface area contributed by atoms with Crippen LogP contribution in [0, 0.1) is 5.92 Å². The molecular formula is C27H35N5O3. The molecule has 1 unspecified atom stereocenters. The molecule has 0 spiro atoms. The molecule has 1 aromatic heterocycles. The van der Waals surface area contributed by atoms with Crippen molar-refractivity contribution in [3.8, 4) is 0 Å². The number of piperidine rings is 1. The number of rotatable bonds is 8. The van der Waals surface area contributed by atoms with Gasteiger partial charge in [0.25, 0.3) is 5.91 Å². The van der Waals surface area contributed by atoms with Crippen molar-refractivity contribution >= 4 is 17.5 Å². The Labute approximate surface area is 206 Å². The molecule has 35 heavy (non-hydrogen) atoms. The number of hydrogen-bond donors (Lipinski definition) is 3. The number of likely N-dealkylation sites (tertiary alicyclic amines) is 1. The predicted octanol–water partition coefficient (Wildman–Crippen LogP) is 2.04. The first-order valence-corrected chi connectivity index (χ1v) is 12.8. The second-order valence-corrected chi connectivity index (χ2v) is 10.1. The first kappa shape index (κ1) is 23.8. The molecule has 1 saturated carbocycles. The van der Waals surface area contributed by atoms with E-state index in [2.05, 4.69) is 38.7 Å². The van der Waals surface area contributed by atoms with Crippen LogP contribution in [0.3, 0.4) is 0 Å². The fraction of sp³-hybridized carbons (Fsp3) is 0.519. The van der Waals surface area contributed by atoms with Crippen LogP contribution in [0.4, 0.5) is 5.69 Å². The summed E-state index contributed by atoms with van der Waals surface area (Å²) in [6, 6.07) is 12.3. The highest BCUT2D eigenvalue weighted by molar-refractivity contribution is 5.93. The molecule has 1 aromatic carbocycles. The van der Waals surface area contributed by atoms with Gasteiger partial charge in [-0.05, 0) is 55.4 Å². The van der Waals surface area contributed by atoms with E-state index in [9.17, 15) is 14.7 Å². The van der Waals surface area contributed by atoms with E-state index in [0.29, 0.717) is 18.1 Å². The van der Waals surface area contributed by atoms with E-state index in [4.69, 9.17) is 0 Å². The number of hydrogen-bond acceptors (Lipinski definition) is 6.